The first kappa shape index (κ1) is 24.7. The molecule has 0 aliphatic heterocycles. The number of benzene rings is 2. The smallest absolute Gasteiger partial charge is 0.296 e. The molecule has 0 fully saturated rings. The molecule has 0 aliphatic rings. The predicted octanol–water partition coefficient (Wildman–Crippen LogP) is 7.63. The van der Waals surface area contributed by atoms with E-state index in [1.165, 1.54) is 25.9 Å². The van der Waals surface area contributed by atoms with E-state index in [0.717, 1.165) is 10.4 Å². The molecule has 0 saturated carbocycles. The monoisotopic (exact) mass is 511 g/mol. The highest BCUT2D eigenvalue weighted by Gasteiger charge is 2.20. The molecular formula is C27H29NO3S3. The second-order valence-electron chi connectivity index (χ2n) is 9.57. The SMILES string of the molecule is CN(C)c1ccc(-c2ccc(-c3ccc(-c4ccc(S(=O)(=O)OCC(C)(C)C)cc4)s3)s2)cc1. The minimum Gasteiger partial charge on any atom is -0.378 e. The molecule has 4 nitrogen and oxygen atoms in total. The van der Waals surface area contributed by atoms with Gasteiger partial charge in [-0.25, -0.2) is 0 Å². The summed E-state index contributed by atoms with van der Waals surface area (Å²) < 4.78 is 30.2. The Hall–Kier alpha value is -2.45. The fourth-order valence-electron chi connectivity index (χ4n) is 3.28. The highest BCUT2D eigenvalue weighted by molar-refractivity contribution is 7.86. The van der Waals surface area contributed by atoms with Crippen LogP contribution in [-0.4, -0.2) is 29.1 Å². The van der Waals surface area contributed by atoms with Crippen molar-refractivity contribution in [1.82, 2.24) is 0 Å². The maximum atomic E-state index is 12.5. The molecule has 0 N–H and O–H groups in total. The normalized spacial score (nSPS) is 12.1. The minimum atomic E-state index is -3.76. The van der Waals surface area contributed by atoms with E-state index in [9.17, 15) is 8.42 Å². The van der Waals surface area contributed by atoms with Crippen LogP contribution in [0.2, 0.25) is 0 Å². The zero-order chi connectivity index (χ0) is 24.5. The van der Waals surface area contributed by atoms with Crippen LogP contribution in [0.15, 0.2) is 77.7 Å². The van der Waals surface area contributed by atoms with Crippen molar-refractivity contribution < 1.29 is 12.6 Å². The van der Waals surface area contributed by atoms with Crippen molar-refractivity contribution in [3.63, 3.8) is 0 Å². The maximum Gasteiger partial charge on any atom is 0.296 e. The molecule has 4 rings (SSSR count). The van der Waals surface area contributed by atoms with Gasteiger partial charge in [0.25, 0.3) is 10.1 Å². The van der Waals surface area contributed by atoms with Gasteiger partial charge >= 0.3 is 0 Å². The fraction of sp³-hybridized carbons (Fsp3) is 0.259. The van der Waals surface area contributed by atoms with E-state index in [4.69, 9.17) is 4.18 Å². The summed E-state index contributed by atoms with van der Waals surface area (Å²) in [5, 5.41) is 0. The quantitative estimate of drug-likeness (QED) is 0.239. The van der Waals surface area contributed by atoms with E-state index < -0.39 is 10.1 Å². The van der Waals surface area contributed by atoms with Crippen LogP contribution in [0.1, 0.15) is 20.8 Å². The third kappa shape index (κ3) is 5.78. The summed E-state index contributed by atoms with van der Waals surface area (Å²) in [4.78, 5) is 7.02. The van der Waals surface area contributed by atoms with Crippen LogP contribution in [0.5, 0.6) is 0 Å². The van der Waals surface area contributed by atoms with Gasteiger partial charge in [-0.2, -0.15) is 8.42 Å². The third-order valence-electron chi connectivity index (χ3n) is 5.20. The van der Waals surface area contributed by atoms with Crippen LogP contribution in [-0.2, 0) is 14.3 Å². The predicted molar refractivity (Wildman–Crippen MR) is 145 cm³/mol. The Kier molecular flexibility index (Phi) is 7.01. The fourth-order valence-corrected chi connectivity index (χ4v) is 6.51. The van der Waals surface area contributed by atoms with Crippen LogP contribution in [0, 0.1) is 5.41 Å². The second kappa shape index (κ2) is 9.66. The number of hydrogen-bond donors (Lipinski definition) is 0. The van der Waals surface area contributed by atoms with E-state index >= 15 is 0 Å². The molecule has 0 radical (unpaired) electrons. The molecule has 0 amide bonds. The van der Waals surface area contributed by atoms with Gasteiger partial charge in [0.2, 0.25) is 0 Å². The highest BCUT2D eigenvalue weighted by atomic mass is 32.2. The summed E-state index contributed by atoms with van der Waals surface area (Å²) in [5.74, 6) is 0. The van der Waals surface area contributed by atoms with Crippen molar-refractivity contribution >= 4 is 38.5 Å². The maximum absolute atomic E-state index is 12.5. The second-order valence-corrected chi connectivity index (χ2v) is 13.4. The molecule has 0 spiro atoms. The van der Waals surface area contributed by atoms with Crippen molar-refractivity contribution in [2.24, 2.45) is 5.41 Å². The molecule has 0 bridgehead atoms. The first-order valence-corrected chi connectivity index (χ1v) is 14.0. The molecule has 0 saturated heterocycles. The average Bonchev–Trinajstić information content (AvgIpc) is 3.48. The summed E-state index contributed by atoms with van der Waals surface area (Å²) in [6.45, 7) is 5.97. The van der Waals surface area contributed by atoms with Gasteiger partial charge in [0.05, 0.1) is 11.5 Å². The first-order valence-electron chi connectivity index (χ1n) is 11.0. The first-order chi connectivity index (χ1) is 16.0. The molecule has 0 unspecified atom stereocenters. The summed E-state index contributed by atoms with van der Waals surface area (Å²) >= 11 is 3.48. The van der Waals surface area contributed by atoms with Crippen LogP contribution in [0.3, 0.4) is 0 Å². The summed E-state index contributed by atoms with van der Waals surface area (Å²) in [6.07, 6.45) is 0. The van der Waals surface area contributed by atoms with E-state index in [1.807, 2.05) is 47.0 Å². The number of rotatable bonds is 7. The minimum absolute atomic E-state index is 0.147. The van der Waals surface area contributed by atoms with Gasteiger partial charge in [0, 0.05) is 39.3 Å². The van der Waals surface area contributed by atoms with Crippen molar-refractivity contribution in [3.05, 3.63) is 72.8 Å². The molecule has 2 aromatic carbocycles. The van der Waals surface area contributed by atoms with Crippen LogP contribution in [0.25, 0.3) is 30.6 Å². The van der Waals surface area contributed by atoms with Gasteiger partial charge in [-0.05, 0) is 65.1 Å². The van der Waals surface area contributed by atoms with Gasteiger partial charge in [-0.1, -0.05) is 45.0 Å². The molecule has 2 heterocycles. The highest BCUT2D eigenvalue weighted by Crippen LogP contribution is 2.40. The number of anilines is 1. The van der Waals surface area contributed by atoms with E-state index in [2.05, 4.69) is 53.4 Å². The molecule has 178 valence electrons. The van der Waals surface area contributed by atoms with Crippen LogP contribution >= 0.6 is 22.7 Å². The molecule has 0 aliphatic carbocycles. The number of nitrogens with zero attached hydrogens (tertiary/aromatic N) is 1. The van der Waals surface area contributed by atoms with Gasteiger partial charge in [-0.3, -0.25) is 4.18 Å². The van der Waals surface area contributed by atoms with Gasteiger partial charge < -0.3 is 4.90 Å². The summed E-state index contributed by atoms with van der Waals surface area (Å²) in [7, 11) is 0.324. The lowest BCUT2D eigenvalue weighted by Crippen LogP contribution is -2.18. The third-order valence-corrected chi connectivity index (χ3v) is 8.94. The Balaban J connectivity index is 1.50. The topological polar surface area (TPSA) is 46.6 Å². The lowest BCUT2D eigenvalue weighted by molar-refractivity contribution is 0.203. The van der Waals surface area contributed by atoms with Gasteiger partial charge in [-0.15, -0.1) is 22.7 Å². The number of hydrogen-bond acceptors (Lipinski definition) is 6. The van der Waals surface area contributed by atoms with E-state index in [1.54, 1.807) is 34.8 Å². The van der Waals surface area contributed by atoms with Crippen molar-refractivity contribution in [2.75, 3.05) is 25.6 Å². The van der Waals surface area contributed by atoms with E-state index in [-0.39, 0.29) is 16.9 Å². The van der Waals surface area contributed by atoms with Crippen LogP contribution in [0.4, 0.5) is 5.69 Å². The van der Waals surface area contributed by atoms with Crippen molar-refractivity contribution in [3.8, 4) is 30.6 Å². The van der Waals surface area contributed by atoms with Crippen molar-refractivity contribution in [2.45, 2.75) is 25.7 Å². The Bertz CT molecular complexity index is 1360. The molecular weight excluding hydrogens is 483 g/mol. The standard InChI is InChI=1S/C27H29NO3S3/c1-27(2,3)18-31-34(29,30)22-12-8-20(9-13-22)24-15-17-26(33-24)25-16-14-23(32-25)19-6-10-21(11-7-19)28(4)5/h6-17H,18H2,1-5H3. The lowest BCUT2D eigenvalue weighted by atomic mass is 9.99. The summed E-state index contributed by atoms with van der Waals surface area (Å²) in [5.41, 5.74) is 3.16. The summed E-state index contributed by atoms with van der Waals surface area (Å²) in [6, 6.07) is 24.1. The molecule has 7 heteroatoms. The molecule has 34 heavy (non-hydrogen) atoms. The Labute approximate surface area is 210 Å². The van der Waals surface area contributed by atoms with Gasteiger partial charge in [0.15, 0.2) is 0 Å². The lowest BCUT2D eigenvalue weighted by Gasteiger charge is -2.17. The Morgan fingerprint density at radius 3 is 1.59 bits per heavy atom. The van der Waals surface area contributed by atoms with Gasteiger partial charge in [0.1, 0.15) is 0 Å². The molecule has 4 aromatic rings. The Morgan fingerprint density at radius 2 is 1.15 bits per heavy atom. The van der Waals surface area contributed by atoms with Crippen LogP contribution < -0.4 is 4.90 Å². The zero-order valence-corrected chi connectivity index (χ0v) is 22.5. The largest absolute Gasteiger partial charge is 0.378 e. The molecule has 0 atom stereocenters. The number of thiophene rings is 2. The Morgan fingerprint density at radius 1 is 0.706 bits per heavy atom. The zero-order valence-electron chi connectivity index (χ0n) is 20.0. The average molecular weight is 512 g/mol. The van der Waals surface area contributed by atoms with Crippen molar-refractivity contribution in [1.29, 1.82) is 0 Å². The molecule has 2 aromatic heterocycles. The van der Waals surface area contributed by atoms with E-state index in [0.29, 0.717) is 0 Å².